The van der Waals surface area contributed by atoms with Crippen LogP contribution in [0.5, 0.6) is 11.5 Å². The second-order valence-corrected chi connectivity index (χ2v) is 6.06. The van der Waals surface area contributed by atoms with Crippen molar-refractivity contribution in [1.82, 2.24) is 0 Å². The number of nitriles is 1. The number of hydrogen-bond acceptors (Lipinski definition) is 4. The van der Waals surface area contributed by atoms with E-state index in [9.17, 15) is 10.1 Å². The first-order valence-electron chi connectivity index (χ1n) is 7.81. The number of carbonyl (C=O) groups excluding carboxylic acids is 1. The van der Waals surface area contributed by atoms with E-state index in [1.165, 1.54) is 13.2 Å². The van der Waals surface area contributed by atoms with Crippen LogP contribution in [0.2, 0.25) is 5.02 Å². The molecule has 0 fully saturated rings. The summed E-state index contributed by atoms with van der Waals surface area (Å²) in [7, 11) is 3.07. The molecule has 0 spiro atoms. The summed E-state index contributed by atoms with van der Waals surface area (Å²) in [5.74, 6) is 0.638. The fourth-order valence-corrected chi connectivity index (χ4v) is 2.58. The minimum Gasteiger partial charge on any atom is -0.496 e. The summed E-state index contributed by atoms with van der Waals surface area (Å²) in [6.07, 6.45) is 1.52. The zero-order valence-corrected chi connectivity index (χ0v) is 15.8. The van der Waals surface area contributed by atoms with E-state index in [-0.39, 0.29) is 5.57 Å². The van der Waals surface area contributed by atoms with Crippen molar-refractivity contribution in [2.24, 2.45) is 0 Å². The molecule has 0 heterocycles. The lowest BCUT2D eigenvalue weighted by molar-refractivity contribution is -0.112. The molecule has 2 aromatic carbocycles. The van der Waals surface area contributed by atoms with Gasteiger partial charge < -0.3 is 14.8 Å². The van der Waals surface area contributed by atoms with Gasteiger partial charge in [0.2, 0.25) is 0 Å². The molecule has 0 unspecified atom stereocenters. The fraction of sp³-hybridized carbons (Fsp3) is 0.200. The largest absolute Gasteiger partial charge is 0.496 e. The molecule has 0 atom stereocenters. The second-order valence-electron chi connectivity index (χ2n) is 5.65. The van der Waals surface area contributed by atoms with E-state index < -0.39 is 5.91 Å². The quantitative estimate of drug-likeness (QED) is 0.620. The van der Waals surface area contributed by atoms with Crippen molar-refractivity contribution in [3.05, 3.63) is 57.6 Å². The van der Waals surface area contributed by atoms with Crippen LogP contribution in [0.1, 0.15) is 16.7 Å². The minimum atomic E-state index is -0.527. The number of benzene rings is 2. The molecule has 0 aliphatic carbocycles. The number of ether oxygens (including phenoxy) is 2. The molecule has 0 saturated carbocycles. The van der Waals surface area contributed by atoms with Gasteiger partial charge in [-0.2, -0.15) is 5.26 Å². The standard InChI is InChI=1S/C20H19ClN2O3/c1-12-8-17(19(26-4)10-16(12)21)23-20(24)15(11-22)9-14-5-6-18(25-3)13(2)7-14/h5-10H,1-4H3,(H,23,24)/b15-9+. The van der Waals surface area contributed by atoms with Crippen molar-refractivity contribution in [2.75, 3.05) is 19.5 Å². The number of halogens is 1. The Labute approximate surface area is 157 Å². The van der Waals surface area contributed by atoms with Crippen molar-refractivity contribution in [3.63, 3.8) is 0 Å². The van der Waals surface area contributed by atoms with E-state index in [1.54, 1.807) is 31.4 Å². The highest BCUT2D eigenvalue weighted by molar-refractivity contribution is 6.31. The molecule has 1 amide bonds. The molecule has 0 aliphatic rings. The SMILES string of the molecule is COc1ccc(/C=C(\C#N)C(=O)Nc2cc(C)c(Cl)cc2OC)cc1C. The van der Waals surface area contributed by atoms with Crippen LogP contribution in [-0.2, 0) is 4.79 Å². The third kappa shape index (κ3) is 4.35. The smallest absolute Gasteiger partial charge is 0.266 e. The Morgan fingerprint density at radius 1 is 1.12 bits per heavy atom. The van der Waals surface area contributed by atoms with Gasteiger partial charge >= 0.3 is 0 Å². The third-order valence-electron chi connectivity index (χ3n) is 3.82. The van der Waals surface area contributed by atoms with Gasteiger partial charge in [0.25, 0.3) is 5.91 Å². The van der Waals surface area contributed by atoms with Crippen molar-refractivity contribution in [1.29, 1.82) is 5.26 Å². The molecule has 0 saturated heterocycles. The van der Waals surface area contributed by atoms with Gasteiger partial charge in [-0.05, 0) is 54.8 Å². The molecular weight excluding hydrogens is 352 g/mol. The van der Waals surface area contributed by atoms with Gasteiger partial charge in [0, 0.05) is 11.1 Å². The fourth-order valence-electron chi connectivity index (χ4n) is 2.43. The van der Waals surface area contributed by atoms with Crippen molar-refractivity contribution >= 4 is 29.3 Å². The van der Waals surface area contributed by atoms with E-state index in [1.807, 2.05) is 26.0 Å². The summed E-state index contributed by atoms with van der Waals surface area (Å²) in [4.78, 5) is 12.5. The predicted molar refractivity (Wildman–Crippen MR) is 103 cm³/mol. The van der Waals surface area contributed by atoms with E-state index in [4.69, 9.17) is 21.1 Å². The maximum Gasteiger partial charge on any atom is 0.266 e. The summed E-state index contributed by atoms with van der Waals surface area (Å²) in [5, 5.41) is 12.6. The zero-order valence-electron chi connectivity index (χ0n) is 15.0. The minimum absolute atomic E-state index is 0.0239. The first-order chi connectivity index (χ1) is 12.4. The number of carbonyl (C=O) groups is 1. The lowest BCUT2D eigenvalue weighted by Gasteiger charge is -2.12. The number of rotatable bonds is 5. The summed E-state index contributed by atoms with van der Waals surface area (Å²) >= 11 is 6.07. The van der Waals surface area contributed by atoms with Gasteiger partial charge in [-0.25, -0.2) is 0 Å². The molecule has 6 heteroatoms. The zero-order chi connectivity index (χ0) is 19.3. The van der Waals surface area contributed by atoms with Crippen LogP contribution in [0.3, 0.4) is 0 Å². The van der Waals surface area contributed by atoms with E-state index in [2.05, 4.69) is 5.32 Å². The van der Waals surface area contributed by atoms with Crippen LogP contribution in [-0.4, -0.2) is 20.1 Å². The molecule has 26 heavy (non-hydrogen) atoms. The van der Waals surface area contributed by atoms with E-state index in [0.717, 1.165) is 22.4 Å². The van der Waals surface area contributed by atoms with Crippen LogP contribution in [0, 0.1) is 25.2 Å². The summed E-state index contributed by atoms with van der Waals surface area (Å²) in [6, 6.07) is 10.7. The highest BCUT2D eigenvalue weighted by Crippen LogP contribution is 2.31. The van der Waals surface area contributed by atoms with Gasteiger partial charge in [-0.3, -0.25) is 4.79 Å². The number of nitrogens with zero attached hydrogens (tertiary/aromatic N) is 1. The lowest BCUT2D eigenvalue weighted by Crippen LogP contribution is -2.14. The Balaban J connectivity index is 2.31. The molecule has 134 valence electrons. The maximum atomic E-state index is 12.5. The number of nitrogens with one attached hydrogen (secondary N) is 1. The highest BCUT2D eigenvalue weighted by atomic mass is 35.5. The summed E-state index contributed by atoms with van der Waals surface area (Å²) in [6.45, 7) is 3.71. The molecule has 0 aromatic heterocycles. The van der Waals surface area contributed by atoms with Gasteiger partial charge in [0.15, 0.2) is 0 Å². The molecule has 0 aliphatic heterocycles. The first kappa shape index (κ1) is 19.4. The molecule has 0 radical (unpaired) electrons. The maximum absolute atomic E-state index is 12.5. The second kappa shape index (κ2) is 8.41. The van der Waals surface area contributed by atoms with Crippen LogP contribution < -0.4 is 14.8 Å². The average Bonchev–Trinajstić information content (AvgIpc) is 2.62. The Kier molecular flexibility index (Phi) is 6.26. The van der Waals surface area contributed by atoms with Crippen LogP contribution >= 0.6 is 11.6 Å². The van der Waals surface area contributed by atoms with Gasteiger partial charge in [0.05, 0.1) is 19.9 Å². The van der Waals surface area contributed by atoms with Crippen molar-refractivity contribution in [2.45, 2.75) is 13.8 Å². The summed E-state index contributed by atoms with van der Waals surface area (Å²) < 4.78 is 10.5. The number of methoxy groups -OCH3 is 2. The van der Waals surface area contributed by atoms with Crippen molar-refractivity contribution < 1.29 is 14.3 Å². The van der Waals surface area contributed by atoms with Gasteiger partial charge in [0.1, 0.15) is 23.1 Å². The van der Waals surface area contributed by atoms with Crippen LogP contribution in [0.15, 0.2) is 35.9 Å². The molecular formula is C20H19ClN2O3. The average molecular weight is 371 g/mol. The molecule has 2 aromatic rings. The third-order valence-corrected chi connectivity index (χ3v) is 4.23. The van der Waals surface area contributed by atoms with Gasteiger partial charge in [-0.1, -0.05) is 17.7 Å². The van der Waals surface area contributed by atoms with E-state index >= 15 is 0 Å². The Bertz CT molecular complexity index is 914. The molecule has 0 bridgehead atoms. The lowest BCUT2D eigenvalue weighted by atomic mass is 10.1. The number of anilines is 1. The number of hydrogen-bond donors (Lipinski definition) is 1. The van der Waals surface area contributed by atoms with Crippen LogP contribution in [0.25, 0.3) is 6.08 Å². The highest BCUT2D eigenvalue weighted by Gasteiger charge is 2.14. The Morgan fingerprint density at radius 3 is 2.38 bits per heavy atom. The van der Waals surface area contributed by atoms with Crippen molar-refractivity contribution in [3.8, 4) is 17.6 Å². The Morgan fingerprint density at radius 2 is 1.81 bits per heavy atom. The molecule has 5 nitrogen and oxygen atoms in total. The topological polar surface area (TPSA) is 71.3 Å². The van der Waals surface area contributed by atoms with Crippen LogP contribution in [0.4, 0.5) is 5.69 Å². The normalized spacial score (nSPS) is 10.8. The summed E-state index contributed by atoms with van der Waals surface area (Å²) in [5.41, 5.74) is 2.86. The molecule has 2 rings (SSSR count). The Hall–Kier alpha value is -2.97. The van der Waals surface area contributed by atoms with Gasteiger partial charge in [-0.15, -0.1) is 0 Å². The predicted octanol–water partition coefficient (Wildman–Crippen LogP) is 4.52. The van der Waals surface area contributed by atoms with E-state index in [0.29, 0.717) is 16.5 Å². The number of aryl methyl sites for hydroxylation is 2. The first-order valence-corrected chi connectivity index (χ1v) is 8.19. The number of amides is 1. The monoisotopic (exact) mass is 370 g/mol. The molecule has 1 N–H and O–H groups in total.